The monoisotopic (exact) mass is 649 g/mol. The Labute approximate surface area is 285 Å². The van der Waals surface area contributed by atoms with Gasteiger partial charge in [0.25, 0.3) is 0 Å². The van der Waals surface area contributed by atoms with Crippen LogP contribution >= 0.6 is 11.6 Å². The Morgan fingerprint density at radius 1 is 0.408 bits per heavy atom. The molecule has 0 unspecified atom stereocenters. The number of nitrogens with zero attached hydrogens (tertiary/aromatic N) is 3. The Morgan fingerprint density at radius 2 is 1.08 bits per heavy atom. The molecule has 10 aromatic rings. The fourth-order valence-corrected chi connectivity index (χ4v) is 7.09. The van der Waals surface area contributed by atoms with Crippen molar-refractivity contribution in [3.8, 4) is 45.3 Å². The highest BCUT2D eigenvalue weighted by atomic mass is 35.5. The van der Waals surface area contributed by atoms with E-state index in [4.69, 9.17) is 35.4 Å². The standard InChI is InChI=1S/C43H24ClN3O2/c44-35-21-20-28(23-33(35)30-15-9-19-37-39(30)34-22-26-12-4-5-13-27(26)24-38(34)48-37)42-45-41(25-10-2-1-3-11-25)46-43(47-42)32-17-8-16-31-29-14-6-7-18-36(29)49-40(31)32/h1-24H. The average Bonchev–Trinajstić information content (AvgIpc) is 3.72. The van der Waals surface area contributed by atoms with Crippen molar-refractivity contribution in [2.24, 2.45) is 0 Å². The van der Waals surface area contributed by atoms with Crippen LogP contribution in [0.15, 0.2) is 154 Å². The number of rotatable bonds is 4. The highest BCUT2D eigenvalue weighted by Crippen LogP contribution is 2.42. The summed E-state index contributed by atoms with van der Waals surface area (Å²) in [5, 5.41) is 7.02. The lowest BCUT2D eigenvalue weighted by Gasteiger charge is -2.11. The number of benzene rings is 7. The molecule has 0 atom stereocenters. The number of hydrogen-bond donors (Lipinski definition) is 0. The molecule has 0 aliphatic carbocycles. The Morgan fingerprint density at radius 3 is 1.96 bits per heavy atom. The second-order valence-corrected chi connectivity index (χ2v) is 12.5. The van der Waals surface area contributed by atoms with Crippen LogP contribution in [0.3, 0.4) is 0 Å². The van der Waals surface area contributed by atoms with Gasteiger partial charge in [-0.15, -0.1) is 0 Å². The van der Waals surface area contributed by atoms with E-state index < -0.39 is 0 Å². The van der Waals surface area contributed by atoms with Crippen molar-refractivity contribution in [3.05, 3.63) is 151 Å². The van der Waals surface area contributed by atoms with Crippen LogP contribution in [-0.2, 0) is 0 Å². The quantitative estimate of drug-likeness (QED) is 0.190. The van der Waals surface area contributed by atoms with E-state index >= 15 is 0 Å². The molecular weight excluding hydrogens is 626 g/mol. The van der Waals surface area contributed by atoms with Crippen LogP contribution in [0.1, 0.15) is 0 Å². The summed E-state index contributed by atoms with van der Waals surface area (Å²) >= 11 is 6.99. The first-order chi connectivity index (χ1) is 24.2. The molecule has 0 bridgehead atoms. The van der Waals surface area contributed by atoms with Gasteiger partial charge in [-0.2, -0.15) is 0 Å². The van der Waals surface area contributed by atoms with Crippen molar-refractivity contribution in [1.82, 2.24) is 15.0 Å². The van der Waals surface area contributed by atoms with Gasteiger partial charge in [-0.25, -0.2) is 15.0 Å². The van der Waals surface area contributed by atoms with Gasteiger partial charge < -0.3 is 8.83 Å². The van der Waals surface area contributed by atoms with Crippen molar-refractivity contribution in [2.45, 2.75) is 0 Å². The molecule has 0 aliphatic heterocycles. The summed E-state index contributed by atoms with van der Waals surface area (Å²) in [4.78, 5) is 15.1. The zero-order chi connectivity index (χ0) is 32.5. The fourth-order valence-electron chi connectivity index (χ4n) is 6.87. The highest BCUT2D eigenvalue weighted by molar-refractivity contribution is 6.34. The molecule has 0 saturated carbocycles. The van der Waals surface area contributed by atoms with E-state index in [9.17, 15) is 0 Å². The topological polar surface area (TPSA) is 65.0 Å². The number of para-hydroxylation sites is 2. The minimum atomic E-state index is 0.528. The Bertz CT molecular complexity index is 2910. The lowest BCUT2D eigenvalue weighted by atomic mass is 9.96. The van der Waals surface area contributed by atoms with Crippen molar-refractivity contribution < 1.29 is 8.83 Å². The van der Waals surface area contributed by atoms with Crippen LogP contribution in [0.5, 0.6) is 0 Å². The molecule has 0 spiro atoms. The first-order valence-electron chi connectivity index (χ1n) is 16.0. The minimum absolute atomic E-state index is 0.528. The summed E-state index contributed by atoms with van der Waals surface area (Å²) in [6.45, 7) is 0. The second kappa shape index (κ2) is 10.9. The molecule has 0 radical (unpaired) electrons. The van der Waals surface area contributed by atoms with E-state index in [2.05, 4.69) is 54.6 Å². The van der Waals surface area contributed by atoms with Gasteiger partial charge in [0.15, 0.2) is 17.5 Å². The summed E-state index contributed by atoms with van der Waals surface area (Å²) in [7, 11) is 0. The van der Waals surface area contributed by atoms with E-state index in [1.807, 2.05) is 91.0 Å². The second-order valence-electron chi connectivity index (χ2n) is 12.1. The van der Waals surface area contributed by atoms with Crippen LogP contribution in [0.4, 0.5) is 0 Å². The Hall–Kier alpha value is -6.30. The molecule has 0 N–H and O–H groups in total. The van der Waals surface area contributed by atoms with Gasteiger partial charge in [-0.1, -0.05) is 109 Å². The lowest BCUT2D eigenvalue weighted by molar-refractivity contribution is 0.669. The number of hydrogen-bond acceptors (Lipinski definition) is 5. The summed E-state index contributed by atoms with van der Waals surface area (Å²) < 4.78 is 12.8. The zero-order valence-electron chi connectivity index (χ0n) is 25.9. The van der Waals surface area contributed by atoms with Crippen LogP contribution in [0, 0.1) is 0 Å². The average molecular weight is 650 g/mol. The zero-order valence-corrected chi connectivity index (χ0v) is 26.6. The third kappa shape index (κ3) is 4.51. The summed E-state index contributed by atoms with van der Waals surface area (Å²) in [5.41, 5.74) is 7.53. The van der Waals surface area contributed by atoms with Crippen LogP contribution in [0.25, 0.3) is 99.9 Å². The molecule has 0 saturated heterocycles. The molecule has 3 heterocycles. The van der Waals surface area contributed by atoms with Gasteiger partial charge in [0.05, 0.1) is 5.56 Å². The van der Waals surface area contributed by atoms with Crippen LogP contribution in [-0.4, -0.2) is 15.0 Å². The largest absolute Gasteiger partial charge is 0.456 e. The molecule has 7 aromatic carbocycles. The number of fused-ring (bicyclic) bond motifs is 7. The minimum Gasteiger partial charge on any atom is -0.456 e. The number of furan rings is 2. The predicted molar refractivity (Wildman–Crippen MR) is 199 cm³/mol. The molecule has 3 aromatic heterocycles. The van der Waals surface area contributed by atoms with E-state index in [1.54, 1.807) is 0 Å². The fraction of sp³-hybridized carbons (Fsp3) is 0. The van der Waals surface area contributed by atoms with Crippen molar-refractivity contribution in [3.63, 3.8) is 0 Å². The maximum atomic E-state index is 6.99. The van der Waals surface area contributed by atoms with Gasteiger partial charge in [-0.3, -0.25) is 0 Å². The SMILES string of the molecule is Clc1ccc(-c2nc(-c3ccccc3)nc(-c3cccc4c3oc3ccccc34)n2)cc1-c1cccc2oc3cc4ccccc4cc3c12. The first-order valence-corrected chi connectivity index (χ1v) is 16.4. The van der Waals surface area contributed by atoms with E-state index in [0.717, 1.165) is 82.5 Å². The number of halogens is 1. The van der Waals surface area contributed by atoms with E-state index in [-0.39, 0.29) is 0 Å². The maximum Gasteiger partial charge on any atom is 0.167 e. The molecule has 230 valence electrons. The Kier molecular flexibility index (Phi) is 6.16. The molecule has 5 nitrogen and oxygen atoms in total. The smallest absolute Gasteiger partial charge is 0.167 e. The molecular formula is C43H24ClN3O2. The van der Waals surface area contributed by atoms with Crippen LogP contribution < -0.4 is 0 Å². The number of aromatic nitrogens is 3. The van der Waals surface area contributed by atoms with Crippen LogP contribution in [0.2, 0.25) is 5.02 Å². The lowest BCUT2D eigenvalue weighted by Crippen LogP contribution is -2.00. The molecule has 0 amide bonds. The van der Waals surface area contributed by atoms with Gasteiger partial charge in [0.2, 0.25) is 0 Å². The molecule has 49 heavy (non-hydrogen) atoms. The third-order valence-electron chi connectivity index (χ3n) is 9.19. The molecule has 0 aliphatic rings. The normalized spacial score (nSPS) is 11.8. The molecule has 6 heteroatoms. The third-order valence-corrected chi connectivity index (χ3v) is 9.52. The van der Waals surface area contributed by atoms with E-state index in [1.165, 1.54) is 0 Å². The van der Waals surface area contributed by atoms with Crippen molar-refractivity contribution in [1.29, 1.82) is 0 Å². The molecule has 10 rings (SSSR count). The van der Waals surface area contributed by atoms with Gasteiger partial charge in [-0.05, 0) is 64.9 Å². The highest BCUT2D eigenvalue weighted by Gasteiger charge is 2.20. The van der Waals surface area contributed by atoms with E-state index in [0.29, 0.717) is 22.5 Å². The predicted octanol–water partition coefficient (Wildman–Crippen LogP) is 12.1. The van der Waals surface area contributed by atoms with Gasteiger partial charge in [0.1, 0.15) is 22.3 Å². The van der Waals surface area contributed by atoms with Crippen molar-refractivity contribution in [2.75, 3.05) is 0 Å². The first kappa shape index (κ1) is 27.8. The summed E-state index contributed by atoms with van der Waals surface area (Å²) in [6.07, 6.45) is 0. The van der Waals surface area contributed by atoms with Gasteiger partial charge >= 0.3 is 0 Å². The van der Waals surface area contributed by atoms with Gasteiger partial charge in [0, 0.05) is 43.3 Å². The van der Waals surface area contributed by atoms with Crippen molar-refractivity contribution >= 4 is 66.3 Å². The molecule has 0 fully saturated rings. The maximum absolute atomic E-state index is 6.99. The Balaban J connectivity index is 1.19. The summed E-state index contributed by atoms with van der Waals surface area (Å²) in [5.74, 6) is 1.63. The summed E-state index contributed by atoms with van der Waals surface area (Å²) in [6, 6.07) is 48.8.